The molecule has 0 atom stereocenters. The maximum Gasteiger partial charge on any atom is 0.0637 e. The van der Waals surface area contributed by atoms with E-state index in [-0.39, 0.29) is 0 Å². The summed E-state index contributed by atoms with van der Waals surface area (Å²) >= 11 is 3.86. The third-order valence-corrected chi connectivity index (χ3v) is 2.48. The van der Waals surface area contributed by atoms with Crippen LogP contribution in [0.2, 0.25) is 0 Å². The second kappa shape index (κ2) is 4.64. The van der Waals surface area contributed by atoms with E-state index in [1.54, 1.807) is 18.0 Å². The fourth-order valence-electron chi connectivity index (χ4n) is 0.124. The molecule has 0 aromatic heterocycles. The molecular weight excluding hydrogens is 221 g/mol. The van der Waals surface area contributed by atoms with Gasteiger partial charge < -0.3 is 0 Å². The van der Waals surface area contributed by atoms with E-state index in [0.717, 1.165) is 2.91 Å². The molecule has 0 N–H and O–H groups in total. The highest BCUT2D eigenvalue weighted by Gasteiger charge is 1.79. The lowest BCUT2D eigenvalue weighted by atomic mass is 11.0. The number of hydrogen-bond donors (Lipinski definition) is 0. The lowest BCUT2D eigenvalue weighted by Crippen LogP contribution is -1.52. The molecule has 1 nitrogen and oxygen atoms in total. The molecule has 0 unspecified atom stereocenters. The van der Waals surface area contributed by atoms with Gasteiger partial charge in [-0.05, 0) is 35.6 Å². The van der Waals surface area contributed by atoms with E-state index in [9.17, 15) is 0 Å². The van der Waals surface area contributed by atoms with Crippen LogP contribution in [-0.2, 0) is 0 Å². The fraction of sp³-hybridized carbons (Fsp3) is 0.250. The molecule has 0 rings (SSSR count). The summed E-state index contributed by atoms with van der Waals surface area (Å²) in [5.74, 6) is 0. The van der Waals surface area contributed by atoms with Crippen molar-refractivity contribution in [3.63, 3.8) is 0 Å². The van der Waals surface area contributed by atoms with Gasteiger partial charge >= 0.3 is 0 Å². The number of halogens is 1. The maximum absolute atomic E-state index is 3.57. The van der Waals surface area contributed by atoms with Crippen LogP contribution in [0.15, 0.2) is 14.1 Å². The molecule has 0 aromatic carbocycles. The zero-order chi connectivity index (χ0) is 5.70. The molecule has 0 saturated carbocycles. The standard InChI is InChI=1S/C4H6INS/c1-6-3-4(5)7-2/h3H,1H2,2H3/b4-3-. The number of rotatable bonds is 2. The van der Waals surface area contributed by atoms with Gasteiger partial charge in [-0.3, -0.25) is 4.99 Å². The first kappa shape index (κ1) is 7.49. The molecule has 0 aliphatic carbocycles. The fourth-order valence-corrected chi connectivity index (χ4v) is 0.501. The molecule has 0 spiro atoms. The Morgan fingerprint density at radius 3 is 2.71 bits per heavy atom. The molecule has 40 valence electrons. The lowest BCUT2D eigenvalue weighted by Gasteiger charge is -1.82. The summed E-state index contributed by atoms with van der Waals surface area (Å²) in [6.45, 7) is 3.30. The van der Waals surface area contributed by atoms with Gasteiger partial charge in [0.15, 0.2) is 0 Å². The Kier molecular flexibility index (Phi) is 4.97. The molecule has 0 aromatic rings. The average Bonchev–Trinajstić information content (AvgIpc) is 1.68. The third kappa shape index (κ3) is 4.34. The van der Waals surface area contributed by atoms with E-state index >= 15 is 0 Å². The van der Waals surface area contributed by atoms with Crippen LogP contribution < -0.4 is 0 Å². The Labute approximate surface area is 61.4 Å². The molecule has 3 heteroatoms. The molecular formula is C4H6INS. The second-order valence-electron chi connectivity index (χ2n) is 0.820. The summed E-state index contributed by atoms with van der Waals surface area (Å²) in [5.41, 5.74) is 0. The van der Waals surface area contributed by atoms with Gasteiger partial charge in [0.25, 0.3) is 0 Å². The first-order valence-electron chi connectivity index (χ1n) is 1.66. The normalized spacial score (nSPS) is 11.4. The summed E-state index contributed by atoms with van der Waals surface area (Å²) in [6.07, 6.45) is 3.73. The van der Waals surface area contributed by atoms with Gasteiger partial charge in [-0.15, -0.1) is 11.8 Å². The molecule has 0 heterocycles. The molecule has 0 fully saturated rings. The zero-order valence-electron chi connectivity index (χ0n) is 4.02. The van der Waals surface area contributed by atoms with Crippen molar-refractivity contribution in [1.82, 2.24) is 0 Å². The quantitative estimate of drug-likeness (QED) is 0.520. The summed E-state index contributed by atoms with van der Waals surface area (Å²) in [7, 11) is 0. The van der Waals surface area contributed by atoms with E-state index in [4.69, 9.17) is 0 Å². The first-order chi connectivity index (χ1) is 3.31. The van der Waals surface area contributed by atoms with E-state index in [0.29, 0.717) is 0 Å². The van der Waals surface area contributed by atoms with Crippen LogP contribution in [-0.4, -0.2) is 13.0 Å². The van der Waals surface area contributed by atoms with E-state index in [1.807, 2.05) is 6.26 Å². The molecule has 0 saturated heterocycles. The number of aliphatic imine (C=N–C) groups is 1. The van der Waals surface area contributed by atoms with Gasteiger partial charge in [-0.25, -0.2) is 0 Å². The minimum Gasteiger partial charge on any atom is -0.271 e. The molecule has 0 amide bonds. The van der Waals surface area contributed by atoms with Crippen molar-refractivity contribution in [1.29, 1.82) is 0 Å². The van der Waals surface area contributed by atoms with E-state index < -0.39 is 0 Å². The second-order valence-corrected chi connectivity index (χ2v) is 3.56. The van der Waals surface area contributed by atoms with Crippen LogP contribution in [0.3, 0.4) is 0 Å². The van der Waals surface area contributed by atoms with Crippen molar-refractivity contribution in [2.75, 3.05) is 6.26 Å². The minimum absolute atomic E-state index is 1.16. The van der Waals surface area contributed by atoms with Gasteiger partial charge in [-0.1, -0.05) is 0 Å². The van der Waals surface area contributed by atoms with E-state index in [1.165, 1.54) is 0 Å². The van der Waals surface area contributed by atoms with Gasteiger partial charge in [0.05, 0.1) is 2.91 Å². The van der Waals surface area contributed by atoms with Crippen molar-refractivity contribution in [2.45, 2.75) is 0 Å². The Morgan fingerprint density at radius 1 is 2.00 bits per heavy atom. The summed E-state index contributed by atoms with van der Waals surface area (Å²) in [4.78, 5) is 3.57. The first-order valence-corrected chi connectivity index (χ1v) is 3.97. The maximum atomic E-state index is 3.57. The Bertz CT molecular complexity index is 89.7. The predicted molar refractivity (Wildman–Crippen MR) is 45.2 cm³/mol. The van der Waals surface area contributed by atoms with Gasteiger partial charge in [0.2, 0.25) is 0 Å². The number of nitrogens with zero attached hydrogens (tertiary/aromatic N) is 1. The molecule has 0 radical (unpaired) electrons. The highest BCUT2D eigenvalue weighted by atomic mass is 127. The largest absolute Gasteiger partial charge is 0.271 e. The Balaban J connectivity index is 3.49. The van der Waals surface area contributed by atoms with E-state index in [2.05, 4.69) is 34.3 Å². The molecule has 0 aliphatic rings. The monoisotopic (exact) mass is 227 g/mol. The predicted octanol–water partition coefficient (Wildman–Crippen LogP) is 2.28. The van der Waals surface area contributed by atoms with Crippen molar-refractivity contribution in [3.8, 4) is 0 Å². The van der Waals surface area contributed by atoms with Crippen LogP contribution in [0.4, 0.5) is 0 Å². The highest BCUT2D eigenvalue weighted by Crippen LogP contribution is 2.18. The van der Waals surface area contributed by atoms with Crippen molar-refractivity contribution < 1.29 is 0 Å². The molecule has 0 bridgehead atoms. The van der Waals surface area contributed by atoms with Crippen LogP contribution in [0.5, 0.6) is 0 Å². The summed E-state index contributed by atoms with van der Waals surface area (Å²) in [5, 5.41) is 0. The van der Waals surface area contributed by atoms with Crippen LogP contribution >= 0.6 is 34.4 Å². The third-order valence-electron chi connectivity index (χ3n) is 0.388. The molecule has 0 aliphatic heterocycles. The van der Waals surface area contributed by atoms with Gasteiger partial charge in [0, 0.05) is 6.20 Å². The zero-order valence-corrected chi connectivity index (χ0v) is 6.99. The Morgan fingerprint density at radius 2 is 2.57 bits per heavy atom. The van der Waals surface area contributed by atoms with Crippen LogP contribution in [0.25, 0.3) is 0 Å². The van der Waals surface area contributed by atoms with Gasteiger partial charge in [-0.2, -0.15) is 0 Å². The average molecular weight is 227 g/mol. The summed E-state index contributed by atoms with van der Waals surface area (Å²) < 4.78 is 1.16. The number of hydrogen-bond acceptors (Lipinski definition) is 2. The van der Waals surface area contributed by atoms with Crippen LogP contribution in [0, 0.1) is 0 Å². The lowest BCUT2D eigenvalue weighted by molar-refractivity contribution is 1.64. The Hall–Kier alpha value is 0.490. The van der Waals surface area contributed by atoms with Crippen molar-refractivity contribution in [3.05, 3.63) is 9.11 Å². The number of thioether (sulfide) groups is 1. The van der Waals surface area contributed by atoms with Crippen molar-refractivity contribution in [2.24, 2.45) is 4.99 Å². The highest BCUT2D eigenvalue weighted by molar-refractivity contribution is 14.1. The minimum atomic E-state index is 1.16. The summed E-state index contributed by atoms with van der Waals surface area (Å²) in [6, 6.07) is 0. The smallest absolute Gasteiger partial charge is 0.0637 e. The van der Waals surface area contributed by atoms with Gasteiger partial charge in [0.1, 0.15) is 0 Å². The topological polar surface area (TPSA) is 12.4 Å². The van der Waals surface area contributed by atoms with Crippen molar-refractivity contribution >= 4 is 41.1 Å². The molecule has 7 heavy (non-hydrogen) atoms. The SMILES string of the molecule is C=N/C=C(/I)SC. The van der Waals surface area contributed by atoms with Crippen LogP contribution in [0.1, 0.15) is 0 Å².